The first kappa shape index (κ1) is 12.3. The standard InChI is InChI=1S/C13H15N3O2/c1-10-13(9-16(17)18)11(2)15(14-10)8-12-6-4-3-5-7-12/h3-7H,8-9H2,1-2H3. The molecule has 1 heterocycles. The molecule has 0 fully saturated rings. The average molecular weight is 245 g/mol. The second-order valence-corrected chi connectivity index (χ2v) is 4.28. The third-order valence-electron chi connectivity index (χ3n) is 2.99. The highest BCUT2D eigenvalue weighted by atomic mass is 16.6. The number of benzene rings is 1. The summed E-state index contributed by atoms with van der Waals surface area (Å²) in [5.74, 6) is 0. The topological polar surface area (TPSA) is 61.0 Å². The minimum absolute atomic E-state index is 0.160. The fourth-order valence-corrected chi connectivity index (χ4v) is 2.00. The highest BCUT2D eigenvalue weighted by Crippen LogP contribution is 2.15. The smallest absolute Gasteiger partial charge is 0.232 e. The van der Waals surface area contributed by atoms with Gasteiger partial charge < -0.3 is 0 Å². The molecule has 0 saturated carbocycles. The van der Waals surface area contributed by atoms with E-state index in [1.807, 2.05) is 48.9 Å². The molecule has 0 bridgehead atoms. The first-order valence-corrected chi connectivity index (χ1v) is 5.76. The number of nitrogens with zero attached hydrogens (tertiary/aromatic N) is 3. The van der Waals surface area contributed by atoms with Crippen LogP contribution in [0.15, 0.2) is 30.3 Å². The quantitative estimate of drug-likeness (QED) is 0.613. The van der Waals surface area contributed by atoms with Crippen LogP contribution in [0.1, 0.15) is 22.5 Å². The molecular weight excluding hydrogens is 230 g/mol. The largest absolute Gasteiger partial charge is 0.265 e. The predicted octanol–water partition coefficient (Wildman–Crippen LogP) is 2.32. The summed E-state index contributed by atoms with van der Waals surface area (Å²) >= 11 is 0. The number of hydrogen-bond donors (Lipinski definition) is 0. The van der Waals surface area contributed by atoms with Crippen molar-refractivity contribution >= 4 is 0 Å². The van der Waals surface area contributed by atoms with Gasteiger partial charge in [0, 0.05) is 10.6 Å². The zero-order valence-electron chi connectivity index (χ0n) is 10.5. The second kappa shape index (κ2) is 5.00. The van der Waals surface area contributed by atoms with E-state index in [4.69, 9.17) is 0 Å². The molecule has 5 heteroatoms. The van der Waals surface area contributed by atoms with Crippen LogP contribution in [0.2, 0.25) is 0 Å². The molecule has 0 N–H and O–H groups in total. The van der Waals surface area contributed by atoms with Gasteiger partial charge in [-0.3, -0.25) is 14.8 Å². The lowest BCUT2D eigenvalue weighted by molar-refractivity contribution is -0.497. The van der Waals surface area contributed by atoms with E-state index in [1.165, 1.54) is 0 Å². The van der Waals surface area contributed by atoms with Crippen LogP contribution in [0.3, 0.4) is 0 Å². The molecule has 1 aromatic heterocycles. The molecule has 0 saturated heterocycles. The number of aromatic nitrogens is 2. The van der Waals surface area contributed by atoms with Crippen LogP contribution in [-0.2, 0) is 13.1 Å². The molecule has 0 aliphatic carbocycles. The molecule has 0 radical (unpaired) electrons. The fourth-order valence-electron chi connectivity index (χ4n) is 2.00. The van der Waals surface area contributed by atoms with Gasteiger partial charge in [0.1, 0.15) is 0 Å². The zero-order chi connectivity index (χ0) is 13.1. The van der Waals surface area contributed by atoms with Gasteiger partial charge in [-0.05, 0) is 19.4 Å². The molecule has 5 nitrogen and oxygen atoms in total. The van der Waals surface area contributed by atoms with Gasteiger partial charge in [0.15, 0.2) is 0 Å². The van der Waals surface area contributed by atoms with E-state index in [-0.39, 0.29) is 11.5 Å². The van der Waals surface area contributed by atoms with Crippen molar-refractivity contribution in [1.82, 2.24) is 9.78 Å². The van der Waals surface area contributed by atoms with E-state index in [0.717, 1.165) is 22.5 Å². The van der Waals surface area contributed by atoms with Crippen LogP contribution in [-0.4, -0.2) is 14.7 Å². The van der Waals surface area contributed by atoms with Gasteiger partial charge in [-0.1, -0.05) is 30.3 Å². The Bertz CT molecular complexity index is 561. The maximum absolute atomic E-state index is 10.6. The maximum Gasteiger partial charge on any atom is 0.232 e. The van der Waals surface area contributed by atoms with E-state index in [2.05, 4.69) is 5.10 Å². The molecule has 0 unspecified atom stereocenters. The average Bonchev–Trinajstić information content (AvgIpc) is 2.58. The van der Waals surface area contributed by atoms with Crippen LogP contribution in [0.25, 0.3) is 0 Å². The van der Waals surface area contributed by atoms with Crippen LogP contribution >= 0.6 is 0 Å². The molecule has 0 aliphatic heterocycles. The van der Waals surface area contributed by atoms with E-state index in [9.17, 15) is 10.1 Å². The van der Waals surface area contributed by atoms with Crippen molar-refractivity contribution in [2.45, 2.75) is 26.9 Å². The second-order valence-electron chi connectivity index (χ2n) is 4.28. The van der Waals surface area contributed by atoms with Crippen LogP contribution in [0, 0.1) is 24.0 Å². The van der Waals surface area contributed by atoms with Crippen LogP contribution in [0.4, 0.5) is 0 Å². The maximum atomic E-state index is 10.6. The molecule has 94 valence electrons. The Balaban J connectivity index is 2.27. The molecule has 2 aromatic rings. The van der Waals surface area contributed by atoms with Gasteiger partial charge in [-0.15, -0.1) is 0 Å². The van der Waals surface area contributed by atoms with Crippen molar-refractivity contribution in [3.8, 4) is 0 Å². The fraction of sp³-hybridized carbons (Fsp3) is 0.308. The Morgan fingerprint density at radius 3 is 2.56 bits per heavy atom. The molecule has 0 aliphatic rings. The number of hydrogen-bond acceptors (Lipinski definition) is 3. The van der Waals surface area contributed by atoms with Crippen molar-refractivity contribution in [1.29, 1.82) is 0 Å². The summed E-state index contributed by atoms with van der Waals surface area (Å²) in [6.45, 7) is 4.17. The molecule has 2 rings (SSSR count). The summed E-state index contributed by atoms with van der Waals surface area (Å²) in [6, 6.07) is 9.94. The minimum atomic E-state index is -0.316. The Kier molecular flexibility index (Phi) is 3.41. The number of nitro groups is 1. The van der Waals surface area contributed by atoms with Gasteiger partial charge in [0.25, 0.3) is 0 Å². The van der Waals surface area contributed by atoms with Gasteiger partial charge in [0.2, 0.25) is 6.54 Å². The number of rotatable bonds is 4. The third-order valence-corrected chi connectivity index (χ3v) is 2.99. The first-order valence-electron chi connectivity index (χ1n) is 5.76. The van der Waals surface area contributed by atoms with Crippen LogP contribution < -0.4 is 0 Å². The van der Waals surface area contributed by atoms with Crippen molar-refractivity contribution in [3.05, 3.63) is 63.0 Å². The summed E-state index contributed by atoms with van der Waals surface area (Å²) in [5, 5.41) is 15.0. The van der Waals surface area contributed by atoms with E-state index < -0.39 is 0 Å². The van der Waals surface area contributed by atoms with Crippen molar-refractivity contribution in [3.63, 3.8) is 0 Å². The third kappa shape index (κ3) is 2.56. The van der Waals surface area contributed by atoms with E-state index in [1.54, 1.807) is 0 Å². The summed E-state index contributed by atoms with van der Waals surface area (Å²) in [5.41, 5.74) is 3.46. The lowest BCUT2D eigenvalue weighted by Gasteiger charge is -2.04. The Morgan fingerprint density at radius 2 is 1.94 bits per heavy atom. The Hall–Kier alpha value is -2.17. The number of aryl methyl sites for hydroxylation is 1. The van der Waals surface area contributed by atoms with Gasteiger partial charge in [0.05, 0.1) is 17.8 Å². The normalized spacial score (nSPS) is 10.6. The zero-order valence-corrected chi connectivity index (χ0v) is 10.5. The lowest BCUT2D eigenvalue weighted by Crippen LogP contribution is -2.05. The molecule has 18 heavy (non-hydrogen) atoms. The summed E-state index contributed by atoms with van der Waals surface area (Å²) < 4.78 is 1.82. The predicted molar refractivity (Wildman–Crippen MR) is 67.9 cm³/mol. The summed E-state index contributed by atoms with van der Waals surface area (Å²) in [4.78, 5) is 10.3. The van der Waals surface area contributed by atoms with Gasteiger partial charge >= 0.3 is 0 Å². The van der Waals surface area contributed by atoms with Crippen molar-refractivity contribution in [2.24, 2.45) is 0 Å². The highest BCUT2D eigenvalue weighted by Gasteiger charge is 2.15. The van der Waals surface area contributed by atoms with Crippen molar-refractivity contribution < 1.29 is 4.92 Å². The minimum Gasteiger partial charge on any atom is -0.265 e. The summed E-state index contributed by atoms with van der Waals surface area (Å²) in [7, 11) is 0. The molecular formula is C13H15N3O2. The Labute approximate surface area is 105 Å². The SMILES string of the molecule is Cc1nn(Cc2ccccc2)c(C)c1C[N+](=O)[O-]. The lowest BCUT2D eigenvalue weighted by atomic mass is 10.2. The Morgan fingerprint density at radius 1 is 1.28 bits per heavy atom. The van der Waals surface area contributed by atoms with Gasteiger partial charge in [-0.25, -0.2) is 0 Å². The van der Waals surface area contributed by atoms with Gasteiger partial charge in [-0.2, -0.15) is 5.10 Å². The molecule has 0 spiro atoms. The monoisotopic (exact) mass is 245 g/mol. The molecule has 0 atom stereocenters. The van der Waals surface area contributed by atoms with E-state index >= 15 is 0 Å². The van der Waals surface area contributed by atoms with Crippen LogP contribution in [0.5, 0.6) is 0 Å². The first-order chi connectivity index (χ1) is 8.58. The van der Waals surface area contributed by atoms with Crippen molar-refractivity contribution in [2.75, 3.05) is 0 Å². The highest BCUT2D eigenvalue weighted by molar-refractivity contribution is 5.25. The van der Waals surface area contributed by atoms with E-state index in [0.29, 0.717) is 6.54 Å². The molecule has 1 aromatic carbocycles. The molecule has 0 amide bonds. The summed E-state index contributed by atoms with van der Waals surface area (Å²) in [6.07, 6.45) is 0.